The van der Waals surface area contributed by atoms with Crippen molar-refractivity contribution in [3.63, 3.8) is 0 Å². The van der Waals surface area contributed by atoms with Gasteiger partial charge in [-0.2, -0.15) is 0 Å². The molecule has 0 aromatic heterocycles. The fourth-order valence-corrected chi connectivity index (χ4v) is 2.34. The molecule has 4 nitrogen and oxygen atoms in total. The molecule has 1 aliphatic heterocycles. The fraction of sp³-hybridized carbons (Fsp3) is 0.429. The highest BCUT2D eigenvalue weighted by Gasteiger charge is 2.32. The molecule has 1 aromatic carbocycles. The molecule has 18 heavy (non-hydrogen) atoms. The molecule has 0 spiro atoms. The number of aryl methyl sites for hydroxylation is 2. The van der Waals surface area contributed by atoms with Gasteiger partial charge in [-0.05, 0) is 25.5 Å². The van der Waals surface area contributed by atoms with Crippen LogP contribution < -0.4 is 0 Å². The third-order valence-electron chi connectivity index (χ3n) is 3.32. The number of carbonyl (C=O) groups is 2. The van der Waals surface area contributed by atoms with Crippen LogP contribution in [0.5, 0.6) is 0 Å². The van der Waals surface area contributed by atoms with Crippen molar-refractivity contribution in [3.8, 4) is 0 Å². The Morgan fingerprint density at radius 3 is 2.56 bits per heavy atom. The van der Waals surface area contributed by atoms with E-state index in [1.54, 1.807) is 4.90 Å². The number of hydrogen-bond acceptors (Lipinski definition) is 2. The van der Waals surface area contributed by atoms with Crippen LogP contribution in [0.4, 0.5) is 0 Å². The lowest BCUT2D eigenvalue weighted by atomic mass is 9.94. The highest BCUT2D eigenvalue weighted by molar-refractivity contribution is 5.96. The van der Waals surface area contributed by atoms with Crippen molar-refractivity contribution in [3.05, 3.63) is 34.9 Å². The van der Waals surface area contributed by atoms with E-state index < -0.39 is 5.97 Å². The summed E-state index contributed by atoms with van der Waals surface area (Å²) in [6.07, 6.45) is 0.149. The minimum Gasteiger partial charge on any atom is -0.481 e. The van der Waals surface area contributed by atoms with E-state index >= 15 is 0 Å². The topological polar surface area (TPSA) is 57.6 Å². The van der Waals surface area contributed by atoms with Gasteiger partial charge in [0.2, 0.25) is 0 Å². The van der Waals surface area contributed by atoms with E-state index in [-0.39, 0.29) is 18.2 Å². The van der Waals surface area contributed by atoms with Crippen molar-refractivity contribution in [2.24, 2.45) is 5.92 Å². The number of likely N-dealkylation sites (tertiary alicyclic amines) is 1. The van der Waals surface area contributed by atoms with Crippen LogP contribution in [-0.2, 0) is 4.79 Å². The van der Waals surface area contributed by atoms with Gasteiger partial charge in [-0.15, -0.1) is 0 Å². The van der Waals surface area contributed by atoms with E-state index in [9.17, 15) is 9.59 Å². The van der Waals surface area contributed by atoms with Gasteiger partial charge in [0.1, 0.15) is 0 Å². The summed E-state index contributed by atoms with van der Waals surface area (Å²) < 4.78 is 0. The van der Waals surface area contributed by atoms with Crippen LogP contribution in [-0.4, -0.2) is 35.0 Å². The number of carbonyl (C=O) groups excluding carboxylic acids is 1. The van der Waals surface area contributed by atoms with Gasteiger partial charge < -0.3 is 10.0 Å². The van der Waals surface area contributed by atoms with Gasteiger partial charge >= 0.3 is 5.97 Å². The Morgan fingerprint density at radius 2 is 2.00 bits per heavy atom. The lowest BCUT2D eigenvalue weighted by molar-refractivity contribution is -0.139. The summed E-state index contributed by atoms with van der Waals surface area (Å²) >= 11 is 0. The molecule has 1 amide bonds. The monoisotopic (exact) mass is 247 g/mol. The summed E-state index contributed by atoms with van der Waals surface area (Å²) in [4.78, 5) is 24.4. The van der Waals surface area contributed by atoms with E-state index in [1.807, 2.05) is 32.0 Å². The minimum atomic E-state index is -0.793. The first-order valence-electron chi connectivity index (χ1n) is 6.05. The molecule has 1 fully saturated rings. The average molecular weight is 247 g/mol. The van der Waals surface area contributed by atoms with E-state index in [0.717, 1.165) is 16.7 Å². The quantitative estimate of drug-likeness (QED) is 0.886. The number of benzene rings is 1. The number of carboxylic acid groups (broad SMARTS) is 1. The van der Waals surface area contributed by atoms with Crippen molar-refractivity contribution in [2.75, 3.05) is 13.1 Å². The van der Waals surface area contributed by atoms with Gasteiger partial charge in [0.05, 0.1) is 6.42 Å². The molecule has 0 saturated carbocycles. The second-order valence-electron chi connectivity index (χ2n) is 4.99. The standard InChI is InChI=1S/C14H17NO3/c1-9-3-4-12(10(2)5-9)14(18)15-7-11(8-15)6-13(16)17/h3-5,11H,6-8H2,1-2H3,(H,16,17). The molecule has 1 saturated heterocycles. The van der Waals surface area contributed by atoms with E-state index in [0.29, 0.717) is 13.1 Å². The zero-order valence-corrected chi connectivity index (χ0v) is 10.6. The Hall–Kier alpha value is -1.84. The Balaban J connectivity index is 1.99. The minimum absolute atomic E-state index is 0.00846. The van der Waals surface area contributed by atoms with Gasteiger partial charge in [0.15, 0.2) is 0 Å². The first-order valence-corrected chi connectivity index (χ1v) is 6.05. The molecule has 96 valence electrons. The molecule has 2 rings (SSSR count). The molecule has 0 aliphatic carbocycles. The fourth-order valence-electron chi connectivity index (χ4n) is 2.34. The maximum absolute atomic E-state index is 12.2. The number of nitrogens with zero attached hydrogens (tertiary/aromatic N) is 1. The summed E-state index contributed by atoms with van der Waals surface area (Å²) in [7, 11) is 0. The highest BCUT2D eigenvalue weighted by atomic mass is 16.4. The van der Waals surface area contributed by atoms with Crippen LogP contribution in [0.2, 0.25) is 0 Å². The van der Waals surface area contributed by atoms with Gasteiger partial charge in [-0.1, -0.05) is 17.7 Å². The van der Waals surface area contributed by atoms with Crippen molar-refractivity contribution in [1.82, 2.24) is 4.90 Å². The molecule has 1 aromatic rings. The zero-order chi connectivity index (χ0) is 13.3. The van der Waals surface area contributed by atoms with Crippen LogP contribution in [0.25, 0.3) is 0 Å². The predicted octanol–water partition coefficient (Wildman–Crippen LogP) is 1.85. The lowest BCUT2D eigenvalue weighted by Gasteiger charge is -2.38. The number of rotatable bonds is 3. The van der Waals surface area contributed by atoms with Crippen LogP contribution >= 0.6 is 0 Å². The number of amides is 1. The summed E-state index contributed by atoms with van der Waals surface area (Å²) in [6, 6.07) is 5.76. The Kier molecular flexibility index (Phi) is 3.36. The van der Waals surface area contributed by atoms with E-state index in [4.69, 9.17) is 5.11 Å². The SMILES string of the molecule is Cc1ccc(C(=O)N2CC(CC(=O)O)C2)c(C)c1. The molecule has 1 heterocycles. The number of aliphatic carboxylic acids is 1. The Bertz CT molecular complexity index is 490. The van der Waals surface area contributed by atoms with Gasteiger partial charge in [0, 0.05) is 24.6 Å². The summed E-state index contributed by atoms with van der Waals surface area (Å²) in [5.74, 6) is -0.676. The smallest absolute Gasteiger partial charge is 0.303 e. The van der Waals surface area contributed by atoms with Crippen LogP contribution in [0.1, 0.15) is 27.9 Å². The molecule has 0 radical (unpaired) electrons. The largest absolute Gasteiger partial charge is 0.481 e. The lowest BCUT2D eigenvalue weighted by Crippen LogP contribution is -2.50. The predicted molar refractivity (Wildman–Crippen MR) is 67.6 cm³/mol. The van der Waals surface area contributed by atoms with Gasteiger partial charge in [0.25, 0.3) is 5.91 Å². The molecule has 0 bridgehead atoms. The maximum atomic E-state index is 12.2. The van der Waals surface area contributed by atoms with Gasteiger partial charge in [-0.3, -0.25) is 9.59 Å². The highest BCUT2D eigenvalue weighted by Crippen LogP contribution is 2.23. The summed E-state index contributed by atoms with van der Waals surface area (Å²) in [5, 5.41) is 8.66. The van der Waals surface area contributed by atoms with Crippen molar-refractivity contribution in [1.29, 1.82) is 0 Å². The summed E-state index contributed by atoms with van der Waals surface area (Å²) in [5.41, 5.74) is 2.83. The van der Waals surface area contributed by atoms with Crippen LogP contribution in [0, 0.1) is 19.8 Å². The molecular weight excluding hydrogens is 230 g/mol. The van der Waals surface area contributed by atoms with E-state index in [2.05, 4.69) is 0 Å². The molecular formula is C14H17NO3. The Morgan fingerprint density at radius 1 is 1.33 bits per heavy atom. The molecule has 4 heteroatoms. The molecule has 0 unspecified atom stereocenters. The third-order valence-corrected chi connectivity index (χ3v) is 3.32. The first-order chi connectivity index (χ1) is 8.47. The average Bonchev–Trinajstić information content (AvgIpc) is 2.21. The second kappa shape index (κ2) is 4.80. The Labute approximate surface area is 106 Å². The van der Waals surface area contributed by atoms with Crippen LogP contribution in [0.15, 0.2) is 18.2 Å². The van der Waals surface area contributed by atoms with Gasteiger partial charge in [-0.25, -0.2) is 0 Å². The van der Waals surface area contributed by atoms with Crippen molar-refractivity contribution in [2.45, 2.75) is 20.3 Å². The normalized spacial score (nSPS) is 15.3. The zero-order valence-electron chi connectivity index (χ0n) is 10.6. The molecule has 0 atom stereocenters. The summed E-state index contributed by atoms with van der Waals surface area (Å²) in [6.45, 7) is 5.03. The van der Waals surface area contributed by atoms with Crippen molar-refractivity contribution >= 4 is 11.9 Å². The first kappa shape index (κ1) is 12.6. The third kappa shape index (κ3) is 2.53. The molecule has 1 N–H and O–H groups in total. The molecule has 1 aliphatic rings. The second-order valence-corrected chi connectivity index (χ2v) is 4.99. The van der Waals surface area contributed by atoms with E-state index in [1.165, 1.54) is 0 Å². The van der Waals surface area contributed by atoms with Crippen molar-refractivity contribution < 1.29 is 14.7 Å². The van der Waals surface area contributed by atoms with Crippen LogP contribution in [0.3, 0.4) is 0 Å². The number of carboxylic acids is 1. The number of hydrogen-bond donors (Lipinski definition) is 1. The maximum Gasteiger partial charge on any atom is 0.303 e.